The Bertz CT molecular complexity index is 1120. The van der Waals surface area contributed by atoms with Gasteiger partial charge in [0.05, 0.1) is 17.3 Å². The predicted molar refractivity (Wildman–Crippen MR) is 108 cm³/mol. The van der Waals surface area contributed by atoms with Crippen molar-refractivity contribution in [2.24, 2.45) is 0 Å². The summed E-state index contributed by atoms with van der Waals surface area (Å²) in [7, 11) is 0. The first-order chi connectivity index (χ1) is 14.0. The number of Topliss-reactive ketones (excluding diaryl/α,β-unsaturated/α-hetero) is 1. The third-order valence-electron chi connectivity index (χ3n) is 4.91. The molecule has 0 saturated carbocycles. The third-order valence-corrected chi connectivity index (χ3v) is 4.91. The van der Waals surface area contributed by atoms with Crippen molar-refractivity contribution in [3.05, 3.63) is 95.3 Å². The molecule has 2 N–H and O–H groups in total. The normalized spacial score (nSPS) is 18.2. The van der Waals surface area contributed by atoms with Crippen LogP contribution < -0.4 is 4.90 Å². The van der Waals surface area contributed by atoms with Crippen LogP contribution in [-0.4, -0.2) is 26.9 Å². The first kappa shape index (κ1) is 18.4. The van der Waals surface area contributed by atoms with Crippen molar-refractivity contribution in [1.29, 1.82) is 0 Å². The number of phenols is 1. The lowest BCUT2D eigenvalue weighted by Crippen LogP contribution is -2.29. The van der Waals surface area contributed by atoms with Crippen LogP contribution >= 0.6 is 0 Å². The maximum Gasteiger partial charge on any atom is 0.300 e. The van der Waals surface area contributed by atoms with Crippen molar-refractivity contribution < 1.29 is 19.8 Å². The number of hydrogen-bond acceptors (Lipinski definition) is 5. The fourth-order valence-corrected chi connectivity index (χ4v) is 3.47. The van der Waals surface area contributed by atoms with Crippen molar-refractivity contribution in [1.82, 2.24) is 4.98 Å². The van der Waals surface area contributed by atoms with Gasteiger partial charge in [0.25, 0.3) is 11.7 Å². The number of rotatable bonds is 3. The van der Waals surface area contributed by atoms with E-state index in [9.17, 15) is 19.8 Å². The second-order valence-corrected chi connectivity index (χ2v) is 6.81. The summed E-state index contributed by atoms with van der Waals surface area (Å²) in [6, 6.07) is 15.8. The second kappa shape index (κ2) is 7.24. The molecule has 4 rings (SSSR count). The largest absolute Gasteiger partial charge is 0.507 e. The Hall–Kier alpha value is -3.93. The van der Waals surface area contributed by atoms with Crippen molar-refractivity contribution in [3.63, 3.8) is 0 Å². The molecule has 0 radical (unpaired) electrons. The number of ketones is 1. The molecule has 29 heavy (non-hydrogen) atoms. The number of phenolic OH excluding ortho intramolecular Hbond substituents is 1. The van der Waals surface area contributed by atoms with Gasteiger partial charge in [0, 0.05) is 18.0 Å². The number of nitrogens with zero attached hydrogens (tertiary/aromatic N) is 2. The number of para-hydroxylation sites is 2. The number of hydrogen-bond donors (Lipinski definition) is 2. The molecule has 1 aliphatic heterocycles. The van der Waals surface area contributed by atoms with Gasteiger partial charge in [-0.1, -0.05) is 48.0 Å². The summed E-state index contributed by atoms with van der Waals surface area (Å²) in [6.45, 7) is 1.91. The molecule has 0 aliphatic carbocycles. The van der Waals surface area contributed by atoms with Crippen LogP contribution in [0.4, 0.5) is 5.69 Å². The van der Waals surface area contributed by atoms with Crippen molar-refractivity contribution in [3.8, 4) is 5.75 Å². The molecular formula is C23H18N2O4. The highest BCUT2D eigenvalue weighted by Crippen LogP contribution is 2.44. The van der Waals surface area contributed by atoms with E-state index in [0.29, 0.717) is 11.1 Å². The summed E-state index contributed by atoms with van der Waals surface area (Å²) >= 11 is 0. The highest BCUT2D eigenvalue weighted by molar-refractivity contribution is 6.51. The fraction of sp³-hybridized carbons (Fsp3) is 0.0870. The minimum Gasteiger partial charge on any atom is -0.507 e. The molecule has 1 fully saturated rings. The van der Waals surface area contributed by atoms with Gasteiger partial charge in [-0.15, -0.1) is 0 Å². The maximum atomic E-state index is 13.0. The summed E-state index contributed by atoms with van der Waals surface area (Å²) < 4.78 is 0. The van der Waals surface area contributed by atoms with Gasteiger partial charge in [-0.3, -0.25) is 19.5 Å². The van der Waals surface area contributed by atoms with E-state index in [0.717, 1.165) is 5.56 Å². The zero-order valence-corrected chi connectivity index (χ0v) is 15.6. The molecule has 1 aromatic heterocycles. The highest BCUT2D eigenvalue weighted by atomic mass is 16.3. The number of anilines is 1. The number of aliphatic hydroxyl groups is 1. The van der Waals surface area contributed by atoms with Crippen LogP contribution in [0.2, 0.25) is 0 Å². The highest BCUT2D eigenvalue weighted by Gasteiger charge is 2.47. The smallest absolute Gasteiger partial charge is 0.300 e. The van der Waals surface area contributed by atoms with Gasteiger partial charge in [0.2, 0.25) is 0 Å². The van der Waals surface area contributed by atoms with Crippen molar-refractivity contribution >= 4 is 23.1 Å². The number of aromatic nitrogens is 1. The Morgan fingerprint density at radius 2 is 1.72 bits per heavy atom. The van der Waals surface area contributed by atoms with Gasteiger partial charge in [-0.25, -0.2) is 0 Å². The molecule has 144 valence electrons. The molecule has 2 heterocycles. The first-order valence-electron chi connectivity index (χ1n) is 9.05. The predicted octanol–water partition coefficient (Wildman–Crippen LogP) is 3.72. The topological polar surface area (TPSA) is 90.7 Å². The Morgan fingerprint density at radius 1 is 1.00 bits per heavy atom. The number of pyridine rings is 1. The third kappa shape index (κ3) is 3.14. The van der Waals surface area contributed by atoms with Crippen LogP contribution in [0.5, 0.6) is 5.75 Å². The van der Waals surface area contributed by atoms with Crippen LogP contribution in [-0.2, 0) is 9.59 Å². The van der Waals surface area contributed by atoms with E-state index in [1.165, 1.54) is 17.2 Å². The van der Waals surface area contributed by atoms with E-state index in [1.54, 1.807) is 48.7 Å². The van der Waals surface area contributed by atoms with Gasteiger partial charge >= 0.3 is 0 Å². The van der Waals surface area contributed by atoms with Gasteiger partial charge < -0.3 is 10.2 Å². The maximum absolute atomic E-state index is 13.0. The zero-order chi connectivity index (χ0) is 20.5. The van der Waals surface area contributed by atoms with Crippen LogP contribution in [0.1, 0.15) is 22.7 Å². The van der Waals surface area contributed by atoms with Crippen molar-refractivity contribution in [2.45, 2.75) is 13.0 Å². The Morgan fingerprint density at radius 3 is 2.38 bits per heavy atom. The molecule has 1 amide bonds. The number of carbonyl (C=O) groups excluding carboxylic acids is 2. The molecule has 6 nitrogen and oxygen atoms in total. The van der Waals surface area contributed by atoms with Crippen molar-refractivity contribution in [2.75, 3.05) is 4.90 Å². The second-order valence-electron chi connectivity index (χ2n) is 6.81. The van der Waals surface area contributed by atoms with Gasteiger partial charge in [-0.05, 0) is 30.7 Å². The number of aryl methyl sites for hydroxylation is 1. The molecule has 0 bridgehead atoms. The summed E-state index contributed by atoms with van der Waals surface area (Å²) in [6.07, 6.45) is 3.11. The summed E-state index contributed by atoms with van der Waals surface area (Å²) in [5, 5.41) is 21.3. The number of carbonyl (C=O) groups is 2. The molecule has 6 heteroatoms. The monoisotopic (exact) mass is 386 g/mol. The summed E-state index contributed by atoms with van der Waals surface area (Å²) in [5.41, 5.74) is 2.12. The minimum atomic E-state index is -0.918. The molecule has 2 aromatic carbocycles. The lowest BCUT2D eigenvalue weighted by atomic mass is 9.96. The van der Waals surface area contributed by atoms with Crippen LogP contribution in [0.25, 0.3) is 5.76 Å². The average molecular weight is 386 g/mol. The molecule has 1 saturated heterocycles. The zero-order valence-electron chi connectivity index (χ0n) is 15.6. The Kier molecular flexibility index (Phi) is 4.60. The number of aromatic hydroxyl groups is 1. The summed E-state index contributed by atoms with van der Waals surface area (Å²) in [4.78, 5) is 31.2. The number of amides is 1. The van der Waals surface area contributed by atoms with E-state index in [-0.39, 0.29) is 22.8 Å². The van der Waals surface area contributed by atoms with Gasteiger partial charge in [0.15, 0.2) is 0 Å². The van der Waals surface area contributed by atoms with Gasteiger partial charge in [-0.2, -0.15) is 0 Å². The minimum absolute atomic E-state index is 0.0462. The van der Waals surface area contributed by atoms with E-state index in [1.807, 2.05) is 19.1 Å². The van der Waals surface area contributed by atoms with E-state index >= 15 is 0 Å². The van der Waals surface area contributed by atoms with Gasteiger partial charge in [0.1, 0.15) is 11.5 Å². The number of aliphatic hydroxyl groups excluding tert-OH is 1. The quantitative estimate of drug-likeness (QED) is 0.407. The first-order valence-corrected chi connectivity index (χ1v) is 9.05. The molecule has 0 spiro atoms. The van der Waals surface area contributed by atoms with E-state index < -0.39 is 17.7 Å². The van der Waals surface area contributed by atoms with Crippen LogP contribution in [0.3, 0.4) is 0 Å². The molecular weight excluding hydrogens is 368 g/mol. The van der Waals surface area contributed by atoms with E-state index in [4.69, 9.17) is 0 Å². The van der Waals surface area contributed by atoms with Crippen LogP contribution in [0.15, 0.2) is 78.6 Å². The number of benzene rings is 2. The average Bonchev–Trinajstić information content (AvgIpc) is 3.00. The lowest BCUT2D eigenvalue weighted by molar-refractivity contribution is -0.132. The molecule has 1 aliphatic rings. The summed E-state index contributed by atoms with van der Waals surface area (Å²) in [5.74, 6) is -2.05. The van der Waals surface area contributed by atoms with Crippen LogP contribution in [0, 0.1) is 6.92 Å². The van der Waals surface area contributed by atoms with E-state index in [2.05, 4.69) is 4.98 Å². The fourth-order valence-electron chi connectivity index (χ4n) is 3.47. The Labute approximate surface area is 167 Å². The molecule has 3 aromatic rings. The SMILES string of the molecule is Cc1ccc(/C(O)=C2\C(=O)C(=O)N(c3ccccc3O)C2c2cccnc2)cc1. The lowest BCUT2D eigenvalue weighted by Gasteiger charge is -2.25. The standard InChI is InChI=1S/C23H18N2O4/c1-14-8-10-15(11-9-14)21(27)19-20(16-5-4-12-24-13-16)25(23(29)22(19)28)17-6-2-3-7-18(17)26/h2-13,20,26-27H,1H3/b21-19+. The Balaban J connectivity index is 1.96. The molecule has 1 unspecified atom stereocenters. The molecule has 1 atom stereocenters.